The summed E-state index contributed by atoms with van der Waals surface area (Å²) in [6, 6.07) is 7.47. The zero-order valence-electron chi connectivity index (χ0n) is 20.5. The van der Waals surface area contributed by atoms with Gasteiger partial charge in [0.05, 0.1) is 18.3 Å². The third kappa shape index (κ3) is 4.26. The number of pyridine rings is 1. The number of nitrogen functional groups attached to an aromatic ring is 1. The van der Waals surface area contributed by atoms with Gasteiger partial charge < -0.3 is 20.1 Å². The number of nitrogens with zero attached hydrogens (tertiary/aromatic N) is 5. The molecular formula is C27H28N6O3. The molecule has 0 radical (unpaired) electrons. The molecule has 2 N–H and O–H groups in total. The van der Waals surface area contributed by atoms with Crippen molar-refractivity contribution in [2.24, 2.45) is 5.92 Å². The highest BCUT2D eigenvalue weighted by atomic mass is 16.5. The molecule has 3 aromatic heterocycles. The molecule has 1 aliphatic carbocycles. The second-order valence-corrected chi connectivity index (χ2v) is 8.89. The van der Waals surface area contributed by atoms with Crippen LogP contribution in [0.5, 0.6) is 5.88 Å². The van der Waals surface area contributed by atoms with Gasteiger partial charge >= 0.3 is 0 Å². The van der Waals surface area contributed by atoms with Crippen molar-refractivity contribution in [1.82, 2.24) is 24.3 Å². The second-order valence-electron chi connectivity index (χ2n) is 8.89. The molecule has 9 nitrogen and oxygen atoms in total. The molecule has 184 valence electrons. The van der Waals surface area contributed by atoms with E-state index in [0.29, 0.717) is 36.5 Å². The van der Waals surface area contributed by atoms with Crippen molar-refractivity contribution in [3.05, 3.63) is 66.1 Å². The lowest BCUT2D eigenvalue weighted by Crippen LogP contribution is -2.30. The van der Waals surface area contributed by atoms with E-state index in [1.165, 1.54) is 0 Å². The molecule has 1 amide bonds. The van der Waals surface area contributed by atoms with Gasteiger partial charge in [-0.1, -0.05) is 25.0 Å². The maximum Gasteiger partial charge on any atom is 0.298 e. The van der Waals surface area contributed by atoms with Crippen molar-refractivity contribution < 1.29 is 14.3 Å². The van der Waals surface area contributed by atoms with Crippen molar-refractivity contribution in [3.63, 3.8) is 0 Å². The average molecular weight is 485 g/mol. The number of ether oxygens (including phenoxy) is 2. The molecule has 1 fully saturated rings. The zero-order valence-corrected chi connectivity index (χ0v) is 20.5. The smallest absolute Gasteiger partial charge is 0.298 e. The van der Waals surface area contributed by atoms with Gasteiger partial charge in [-0.25, -0.2) is 15.0 Å². The van der Waals surface area contributed by atoms with Crippen molar-refractivity contribution in [2.45, 2.75) is 32.3 Å². The summed E-state index contributed by atoms with van der Waals surface area (Å²) < 4.78 is 13.8. The van der Waals surface area contributed by atoms with Crippen molar-refractivity contribution in [1.29, 1.82) is 0 Å². The number of fused-ring (bicyclic) bond motifs is 1. The molecule has 3 atom stereocenters. The number of carbonyl (C=O) groups is 1. The molecule has 9 heteroatoms. The van der Waals surface area contributed by atoms with E-state index in [1.807, 2.05) is 34.7 Å². The number of amides is 1. The number of likely N-dealkylation sites (tertiary alicyclic amines) is 1. The van der Waals surface area contributed by atoms with E-state index in [-0.39, 0.29) is 23.8 Å². The third-order valence-electron chi connectivity index (χ3n) is 6.58. The van der Waals surface area contributed by atoms with Crippen LogP contribution in [0, 0.1) is 17.8 Å². The summed E-state index contributed by atoms with van der Waals surface area (Å²) in [5.41, 5.74) is 8.98. The first kappa shape index (κ1) is 23.4. The van der Waals surface area contributed by atoms with Crippen molar-refractivity contribution >= 4 is 22.9 Å². The van der Waals surface area contributed by atoms with E-state index < -0.39 is 0 Å². The molecular weight excluding hydrogens is 456 g/mol. The van der Waals surface area contributed by atoms with Crippen LogP contribution in [0.1, 0.15) is 37.7 Å². The lowest BCUT2D eigenvalue weighted by atomic mass is 9.93. The molecule has 36 heavy (non-hydrogen) atoms. The highest BCUT2D eigenvalue weighted by molar-refractivity contribution is 5.93. The average Bonchev–Trinajstić information content (AvgIpc) is 3.52. The van der Waals surface area contributed by atoms with Crippen LogP contribution < -0.4 is 10.5 Å². The fraction of sp³-hybridized carbons (Fsp3) is 0.333. The van der Waals surface area contributed by atoms with Crippen LogP contribution in [0.2, 0.25) is 0 Å². The molecule has 5 rings (SSSR count). The van der Waals surface area contributed by atoms with Crippen LogP contribution in [0.25, 0.3) is 11.1 Å². The monoisotopic (exact) mass is 484 g/mol. The van der Waals surface area contributed by atoms with Gasteiger partial charge in [0.25, 0.3) is 5.91 Å². The Balaban J connectivity index is 1.51. The fourth-order valence-corrected chi connectivity index (χ4v) is 4.87. The van der Waals surface area contributed by atoms with E-state index in [9.17, 15) is 4.79 Å². The Kier molecular flexibility index (Phi) is 6.34. The lowest BCUT2D eigenvalue weighted by Gasteiger charge is -2.28. The van der Waals surface area contributed by atoms with Gasteiger partial charge in [-0.3, -0.25) is 9.20 Å². The van der Waals surface area contributed by atoms with E-state index in [2.05, 4.69) is 34.8 Å². The highest BCUT2D eigenvalue weighted by Gasteiger charge is 2.33. The minimum absolute atomic E-state index is 0.0251. The standard InChI is InChI=1S/C27H28N6O3/c1-4-7-23(34)32-13-10-18(16-32)24-20-9-12-30-27(28)33(20)26(31-24)19-14-17(2)25(21(15-19)35-3)36-22-8-5-6-11-29-22/h5-6,8-9,11-12,14-15,17-18,25H,10,13,16H2,1-3H3,(H2,28,30). The number of nitrogens with two attached hydrogens (primary N) is 1. The molecule has 0 aromatic carbocycles. The van der Waals surface area contributed by atoms with Crippen LogP contribution in [-0.4, -0.2) is 56.5 Å². The maximum atomic E-state index is 12.3. The number of hydrogen-bond acceptors (Lipinski definition) is 7. The normalized spacial score (nSPS) is 21.4. The van der Waals surface area contributed by atoms with Crippen LogP contribution in [0.4, 0.5) is 5.95 Å². The molecule has 3 unspecified atom stereocenters. The maximum absolute atomic E-state index is 12.3. The first-order chi connectivity index (χ1) is 17.5. The lowest BCUT2D eigenvalue weighted by molar-refractivity contribution is -0.124. The molecule has 1 aliphatic heterocycles. The van der Waals surface area contributed by atoms with Gasteiger partial charge in [0.2, 0.25) is 11.8 Å². The van der Waals surface area contributed by atoms with Gasteiger partial charge in [-0.05, 0) is 37.5 Å². The Morgan fingerprint density at radius 2 is 2.08 bits per heavy atom. The molecule has 0 saturated carbocycles. The Morgan fingerprint density at radius 1 is 1.22 bits per heavy atom. The summed E-state index contributed by atoms with van der Waals surface area (Å²) in [4.78, 5) is 27.7. The van der Waals surface area contributed by atoms with Gasteiger partial charge in [0, 0.05) is 49.0 Å². The van der Waals surface area contributed by atoms with E-state index in [0.717, 1.165) is 23.2 Å². The number of methoxy groups -OCH3 is 1. The number of anilines is 1. The Morgan fingerprint density at radius 3 is 2.83 bits per heavy atom. The van der Waals surface area contributed by atoms with Crippen molar-refractivity contribution in [3.8, 4) is 17.7 Å². The summed E-state index contributed by atoms with van der Waals surface area (Å²) in [5, 5.41) is 0. The molecule has 0 spiro atoms. The molecule has 4 heterocycles. The summed E-state index contributed by atoms with van der Waals surface area (Å²) in [7, 11) is 1.63. The molecule has 1 saturated heterocycles. The minimum Gasteiger partial charge on any atom is -0.497 e. The van der Waals surface area contributed by atoms with Crippen LogP contribution in [0.3, 0.4) is 0 Å². The molecule has 0 bridgehead atoms. The number of hydrogen-bond donors (Lipinski definition) is 1. The van der Waals surface area contributed by atoms with Gasteiger partial charge in [-0.2, -0.15) is 0 Å². The van der Waals surface area contributed by atoms with E-state index in [1.54, 1.807) is 31.3 Å². The Bertz CT molecular complexity index is 1420. The Hall–Kier alpha value is -4.32. The first-order valence-corrected chi connectivity index (χ1v) is 11.9. The molecule has 3 aromatic rings. The highest BCUT2D eigenvalue weighted by Crippen LogP contribution is 2.36. The summed E-state index contributed by atoms with van der Waals surface area (Å²) >= 11 is 0. The topological polar surface area (TPSA) is 108 Å². The van der Waals surface area contributed by atoms with E-state index in [4.69, 9.17) is 20.2 Å². The third-order valence-corrected chi connectivity index (χ3v) is 6.58. The first-order valence-electron chi connectivity index (χ1n) is 11.9. The largest absolute Gasteiger partial charge is 0.497 e. The number of rotatable bonds is 5. The quantitative estimate of drug-likeness (QED) is 0.555. The van der Waals surface area contributed by atoms with Crippen LogP contribution >= 0.6 is 0 Å². The van der Waals surface area contributed by atoms with E-state index >= 15 is 0 Å². The SMILES string of the molecule is CC#CC(=O)N1CCC(c2nc(C3=CC(C)C(Oc4ccccn4)C(OC)=C3)n3c(N)nccc23)C1. The number of aromatic nitrogens is 4. The van der Waals surface area contributed by atoms with Crippen LogP contribution in [-0.2, 0) is 9.53 Å². The Labute approximate surface area is 209 Å². The van der Waals surface area contributed by atoms with Gasteiger partial charge in [0.1, 0.15) is 11.6 Å². The van der Waals surface area contributed by atoms with Crippen molar-refractivity contribution in [2.75, 3.05) is 25.9 Å². The van der Waals surface area contributed by atoms with Crippen LogP contribution in [0.15, 0.2) is 54.6 Å². The van der Waals surface area contributed by atoms with Gasteiger partial charge in [0.15, 0.2) is 6.10 Å². The summed E-state index contributed by atoms with van der Waals surface area (Å²) in [5.74, 6) is 7.45. The minimum atomic E-state index is -0.330. The summed E-state index contributed by atoms with van der Waals surface area (Å²) in [6.07, 6.45) is 7.89. The van der Waals surface area contributed by atoms with Gasteiger partial charge in [-0.15, -0.1) is 0 Å². The number of imidazole rings is 1. The number of carbonyl (C=O) groups excluding carboxylic acids is 1. The second kappa shape index (κ2) is 9.74. The fourth-order valence-electron chi connectivity index (χ4n) is 4.87. The molecule has 2 aliphatic rings. The number of allylic oxidation sites excluding steroid dienone is 2. The zero-order chi connectivity index (χ0) is 25.2. The predicted molar refractivity (Wildman–Crippen MR) is 136 cm³/mol. The summed E-state index contributed by atoms with van der Waals surface area (Å²) in [6.45, 7) is 4.94. The predicted octanol–water partition coefficient (Wildman–Crippen LogP) is 3.06.